The molecular weight excluding hydrogens is 909 g/mol. The molecule has 1 atom stereocenters. The molecule has 424 valence electrons. The van der Waals surface area contributed by atoms with Gasteiger partial charge in [-0.1, -0.05) is 303 Å². The summed E-state index contributed by atoms with van der Waals surface area (Å²) in [5, 5.41) is 9.64. The highest BCUT2D eigenvalue weighted by Gasteiger charge is 2.16. The summed E-state index contributed by atoms with van der Waals surface area (Å²) in [6, 6.07) is 0. The number of allylic oxidation sites excluding steroid dienone is 18. The molecule has 0 aromatic rings. The third kappa shape index (κ3) is 61.1. The summed E-state index contributed by atoms with van der Waals surface area (Å²) < 4.78 is 10.6. The first-order valence-electron chi connectivity index (χ1n) is 31.4. The summed E-state index contributed by atoms with van der Waals surface area (Å²) >= 11 is 0. The smallest absolute Gasteiger partial charge is 0.306 e. The lowest BCUT2D eigenvalue weighted by molar-refractivity contribution is -0.161. The van der Waals surface area contributed by atoms with Crippen LogP contribution in [0.5, 0.6) is 0 Å². The maximum absolute atomic E-state index is 12.2. The maximum atomic E-state index is 12.2. The maximum Gasteiger partial charge on any atom is 0.306 e. The van der Waals surface area contributed by atoms with Crippen molar-refractivity contribution >= 4 is 11.9 Å². The van der Waals surface area contributed by atoms with Crippen molar-refractivity contribution in [1.29, 1.82) is 0 Å². The normalized spacial score (nSPS) is 13.0. The van der Waals surface area contributed by atoms with Crippen LogP contribution in [0.2, 0.25) is 0 Å². The molecule has 74 heavy (non-hydrogen) atoms. The number of hydrogen-bond acceptors (Lipinski definition) is 5. The van der Waals surface area contributed by atoms with Gasteiger partial charge in [-0.05, 0) is 89.9 Å². The van der Waals surface area contributed by atoms with Crippen molar-refractivity contribution < 1.29 is 24.2 Å². The molecule has 0 aromatic carbocycles. The monoisotopic (exact) mass is 1030 g/mol. The van der Waals surface area contributed by atoms with E-state index in [1.165, 1.54) is 193 Å². The molecule has 0 saturated carbocycles. The van der Waals surface area contributed by atoms with Crippen molar-refractivity contribution in [3.8, 4) is 0 Å². The van der Waals surface area contributed by atoms with Gasteiger partial charge in [-0.25, -0.2) is 0 Å². The van der Waals surface area contributed by atoms with Gasteiger partial charge in [0.1, 0.15) is 6.61 Å². The van der Waals surface area contributed by atoms with Gasteiger partial charge in [0.05, 0.1) is 6.61 Å². The third-order valence-electron chi connectivity index (χ3n) is 13.6. The van der Waals surface area contributed by atoms with Gasteiger partial charge in [0, 0.05) is 12.8 Å². The minimum Gasteiger partial charge on any atom is -0.462 e. The second-order valence-electron chi connectivity index (χ2n) is 20.8. The minimum absolute atomic E-state index is 0.0989. The predicted molar refractivity (Wildman–Crippen MR) is 325 cm³/mol. The molecular formula is C69H118O5. The summed E-state index contributed by atoms with van der Waals surface area (Å²) in [4.78, 5) is 24.5. The van der Waals surface area contributed by atoms with Crippen molar-refractivity contribution in [2.24, 2.45) is 0 Å². The van der Waals surface area contributed by atoms with Crippen LogP contribution in [-0.2, 0) is 19.1 Å². The fourth-order valence-electron chi connectivity index (χ4n) is 8.89. The zero-order valence-corrected chi connectivity index (χ0v) is 48.6. The average molecular weight is 1030 g/mol. The van der Waals surface area contributed by atoms with Gasteiger partial charge in [-0.2, -0.15) is 0 Å². The molecule has 1 unspecified atom stereocenters. The summed E-state index contributed by atoms with van der Waals surface area (Å²) in [6.07, 6.45) is 92.6. The zero-order chi connectivity index (χ0) is 53.4. The lowest BCUT2D eigenvalue weighted by atomic mass is 10.0. The van der Waals surface area contributed by atoms with E-state index in [1.54, 1.807) is 0 Å². The van der Waals surface area contributed by atoms with E-state index in [1.807, 2.05) is 12.2 Å². The number of esters is 2. The standard InChI is InChI=1S/C69H118O5/c1-3-5-7-9-11-13-15-17-19-21-23-24-25-26-27-28-29-30-31-32-33-34-35-36-37-38-39-40-41-42-43-44-46-47-49-51-53-55-57-59-61-63-68(71)73-66-67(65-70)74-69(72)64-62-60-58-56-54-52-50-48-45-22-20-18-16-14-12-10-8-6-4-2/h6,8,12,14-15,17-18,20-21,23,25-26,45,48,52,54,58,60,67,70H,3-5,7,9-11,13,16,19,22,24,27-44,46-47,49-51,53,55-57,59,61-66H2,1-2H3/b8-6-,14-12-,17-15-,20-18-,23-21-,26-25-,48-45-,54-52-,60-58-. The molecule has 0 radical (unpaired) electrons. The Bertz CT molecular complexity index is 1440. The topological polar surface area (TPSA) is 72.8 Å². The molecule has 0 spiro atoms. The van der Waals surface area contributed by atoms with E-state index < -0.39 is 12.1 Å². The molecule has 0 heterocycles. The fraction of sp³-hybridized carbons (Fsp3) is 0.710. The van der Waals surface area contributed by atoms with Gasteiger partial charge in [-0.3, -0.25) is 9.59 Å². The highest BCUT2D eigenvalue weighted by Crippen LogP contribution is 2.17. The lowest BCUT2D eigenvalue weighted by Crippen LogP contribution is -2.28. The van der Waals surface area contributed by atoms with Gasteiger partial charge in [0.15, 0.2) is 6.10 Å². The van der Waals surface area contributed by atoms with Crippen LogP contribution in [0.15, 0.2) is 109 Å². The van der Waals surface area contributed by atoms with E-state index in [0.29, 0.717) is 12.8 Å². The van der Waals surface area contributed by atoms with Crippen molar-refractivity contribution in [3.63, 3.8) is 0 Å². The summed E-state index contributed by atoms with van der Waals surface area (Å²) in [6.45, 7) is 3.97. The van der Waals surface area contributed by atoms with Gasteiger partial charge >= 0.3 is 11.9 Å². The zero-order valence-electron chi connectivity index (χ0n) is 48.6. The van der Waals surface area contributed by atoms with Crippen LogP contribution in [0.3, 0.4) is 0 Å². The van der Waals surface area contributed by atoms with Crippen molar-refractivity contribution in [2.75, 3.05) is 13.2 Å². The summed E-state index contributed by atoms with van der Waals surface area (Å²) in [7, 11) is 0. The lowest BCUT2D eigenvalue weighted by Gasteiger charge is -2.15. The highest BCUT2D eigenvalue weighted by molar-refractivity contribution is 5.70. The van der Waals surface area contributed by atoms with Gasteiger partial charge in [0.2, 0.25) is 0 Å². The fourth-order valence-corrected chi connectivity index (χ4v) is 8.89. The largest absolute Gasteiger partial charge is 0.462 e. The van der Waals surface area contributed by atoms with E-state index in [-0.39, 0.29) is 25.6 Å². The molecule has 0 aromatic heterocycles. The van der Waals surface area contributed by atoms with Crippen LogP contribution in [-0.4, -0.2) is 36.4 Å². The summed E-state index contributed by atoms with van der Waals surface area (Å²) in [5.41, 5.74) is 0. The SMILES string of the molecule is CC/C=C\C/C=C\C/C=C\C/C=C\C/C=C\C/C=C\CCC(=O)OC(CO)COC(=O)CCCCCCCCCCCCCCCCCCCCCCCCCCCC/C=C\C/C=C\C/C=C\CCCCCCC. The molecule has 0 aliphatic rings. The number of aliphatic hydroxyl groups is 1. The molecule has 5 heteroatoms. The van der Waals surface area contributed by atoms with Crippen molar-refractivity contribution in [1.82, 2.24) is 0 Å². The Balaban J connectivity index is 3.46. The summed E-state index contributed by atoms with van der Waals surface area (Å²) in [5.74, 6) is -0.684. The number of hydrogen-bond donors (Lipinski definition) is 1. The Hall–Kier alpha value is -3.44. The van der Waals surface area contributed by atoms with Crippen LogP contribution in [0, 0.1) is 0 Å². The van der Waals surface area contributed by atoms with Crippen molar-refractivity contribution in [2.45, 2.75) is 302 Å². The number of unbranched alkanes of at least 4 members (excludes halogenated alkanes) is 31. The van der Waals surface area contributed by atoms with Crippen molar-refractivity contribution in [3.05, 3.63) is 109 Å². The Morgan fingerprint density at radius 1 is 0.324 bits per heavy atom. The van der Waals surface area contributed by atoms with E-state index in [4.69, 9.17) is 9.47 Å². The number of carbonyl (C=O) groups excluding carboxylic acids is 2. The van der Waals surface area contributed by atoms with Gasteiger partial charge in [-0.15, -0.1) is 0 Å². The van der Waals surface area contributed by atoms with Crippen LogP contribution in [0.1, 0.15) is 296 Å². The first-order valence-corrected chi connectivity index (χ1v) is 31.4. The predicted octanol–water partition coefficient (Wildman–Crippen LogP) is 21.6. The molecule has 1 N–H and O–H groups in total. The first kappa shape index (κ1) is 70.6. The highest BCUT2D eigenvalue weighted by atomic mass is 16.6. The second kappa shape index (κ2) is 63.8. The molecule has 0 amide bonds. The second-order valence-corrected chi connectivity index (χ2v) is 20.8. The van der Waals surface area contributed by atoms with Gasteiger partial charge in [0.25, 0.3) is 0 Å². The number of aliphatic hydroxyl groups excluding tert-OH is 1. The minimum atomic E-state index is -0.818. The molecule has 0 aliphatic heterocycles. The van der Waals surface area contributed by atoms with E-state index in [0.717, 1.165) is 70.6 Å². The average Bonchev–Trinajstić information content (AvgIpc) is 3.40. The van der Waals surface area contributed by atoms with E-state index >= 15 is 0 Å². The Kier molecular flexibility index (Phi) is 60.9. The van der Waals surface area contributed by atoms with Crippen LogP contribution < -0.4 is 0 Å². The number of rotatable bonds is 57. The van der Waals surface area contributed by atoms with Gasteiger partial charge < -0.3 is 14.6 Å². The molecule has 5 nitrogen and oxygen atoms in total. The Labute approximate surface area is 459 Å². The number of ether oxygens (including phenoxy) is 2. The molecule has 0 bridgehead atoms. The van der Waals surface area contributed by atoms with E-state index in [2.05, 4.69) is 111 Å². The van der Waals surface area contributed by atoms with Crippen LogP contribution in [0.25, 0.3) is 0 Å². The molecule has 0 fully saturated rings. The molecule has 0 saturated heterocycles. The third-order valence-corrected chi connectivity index (χ3v) is 13.6. The Morgan fingerprint density at radius 3 is 0.932 bits per heavy atom. The molecule has 0 rings (SSSR count). The quantitative estimate of drug-likeness (QED) is 0.0373. The Morgan fingerprint density at radius 2 is 0.608 bits per heavy atom. The van der Waals surface area contributed by atoms with Crippen LogP contribution in [0.4, 0.5) is 0 Å². The van der Waals surface area contributed by atoms with Crippen LogP contribution >= 0.6 is 0 Å². The molecule has 0 aliphatic carbocycles. The first-order chi connectivity index (χ1) is 36.6. The number of carbonyl (C=O) groups is 2. The van der Waals surface area contributed by atoms with E-state index in [9.17, 15) is 14.7 Å².